The quantitative estimate of drug-likeness (QED) is 0.446. The first-order chi connectivity index (χ1) is 11.2. The van der Waals surface area contributed by atoms with E-state index in [1.807, 2.05) is 18.7 Å². The number of nitrogens with zero attached hydrogens (tertiary/aromatic N) is 2. The van der Waals surface area contributed by atoms with Gasteiger partial charge in [-0.05, 0) is 37.3 Å². The summed E-state index contributed by atoms with van der Waals surface area (Å²) in [6, 6.07) is 2.11. The fraction of sp³-hybridized carbons (Fsp3) is 0.625. The average molecular weight is 338 g/mol. The van der Waals surface area contributed by atoms with E-state index in [1.54, 1.807) is 11.3 Å². The van der Waals surface area contributed by atoms with E-state index in [9.17, 15) is 4.79 Å². The Morgan fingerprint density at radius 2 is 2.30 bits per heavy atom. The number of carbonyl (C=O) groups is 1. The SMILES string of the molecule is CCNC(=NCC(=O)N1CCc2sccc2C1)NCCOCC. The highest BCUT2D eigenvalue weighted by Gasteiger charge is 2.21. The molecule has 0 saturated carbocycles. The number of amides is 1. The molecule has 0 saturated heterocycles. The molecular weight excluding hydrogens is 312 g/mol. The first-order valence-electron chi connectivity index (χ1n) is 8.17. The largest absolute Gasteiger partial charge is 0.380 e. The molecule has 23 heavy (non-hydrogen) atoms. The molecule has 2 heterocycles. The van der Waals surface area contributed by atoms with E-state index in [4.69, 9.17) is 4.74 Å². The highest BCUT2D eigenvalue weighted by Crippen LogP contribution is 2.23. The van der Waals surface area contributed by atoms with Gasteiger partial charge in [-0.15, -0.1) is 11.3 Å². The first kappa shape index (κ1) is 17.7. The van der Waals surface area contributed by atoms with Gasteiger partial charge in [-0.3, -0.25) is 4.79 Å². The van der Waals surface area contributed by atoms with Crippen molar-refractivity contribution in [2.75, 3.05) is 39.4 Å². The van der Waals surface area contributed by atoms with Crippen LogP contribution in [0.15, 0.2) is 16.4 Å². The highest BCUT2D eigenvalue weighted by molar-refractivity contribution is 7.10. The molecule has 0 spiro atoms. The Morgan fingerprint density at radius 3 is 3.09 bits per heavy atom. The van der Waals surface area contributed by atoms with E-state index in [0.717, 1.165) is 19.5 Å². The Morgan fingerprint density at radius 1 is 1.43 bits per heavy atom. The average Bonchev–Trinajstić information content (AvgIpc) is 3.03. The number of ether oxygens (including phenoxy) is 1. The molecule has 128 valence electrons. The van der Waals surface area contributed by atoms with Gasteiger partial charge < -0.3 is 20.3 Å². The molecule has 0 aromatic carbocycles. The number of carbonyl (C=O) groups excluding carboxylic acids is 1. The van der Waals surface area contributed by atoms with Crippen molar-refractivity contribution >= 4 is 23.2 Å². The topological polar surface area (TPSA) is 66.0 Å². The van der Waals surface area contributed by atoms with E-state index in [2.05, 4.69) is 27.1 Å². The summed E-state index contributed by atoms with van der Waals surface area (Å²) in [6.45, 7) is 8.41. The lowest BCUT2D eigenvalue weighted by atomic mass is 10.1. The molecule has 2 N–H and O–H groups in total. The van der Waals surface area contributed by atoms with Crippen LogP contribution in [-0.4, -0.2) is 56.2 Å². The zero-order valence-corrected chi connectivity index (χ0v) is 14.7. The van der Waals surface area contributed by atoms with Crippen LogP contribution in [0.4, 0.5) is 0 Å². The second-order valence-corrected chi connectivity index (χ2v) is 6.25. The van der Waals surface area contributed by atoms with Crippen LogP contribution in [0.1, 0.15) is 24.3 Å². The summed E-state index contributed by atoms with van der Waals surface area (Å²) in [5.74, 6) is 0.734. The van der Waals surface area contributed by atoms with E-state index in [-0.39, 0.29) is 12.5 Å². The highest BCUT2D eigenvalue weighted by atomic mass is 32.1. The molecule has 1 aliphatic heterocycles. The summed E-state index contributed by atoms with van der Waals surface area (Å²) in [4.78, 5) is 20.0. The van der Waals surface area contributed by atoms with Gasteiger partial charge in [0.25, 0.3) is 0 Å². The Kier molecular flexibility index (Phi) is 7.35. The smallest absolute Gasteiger partial charge is 0.244 e. The second kappa shape index (κ2) is 9.52. The van der Waals surface area contributed by atoms with E-state index < -0.39 is 0 Å². The van der Waals surface area contributed by atoms with Gasteiger partial charge in [-0.2, -0.15) is 0 Å². The third-order valence-electron chi connectivity index (χ3n) is 3.62. The Bertz CT molecular complexity index is 530. The van der Waals surface area contributed by atoms with Crippen molar-refractivity contribution in [3.63, 3.8) is 0 Å². The number of rotatable bonds is 7. The summed E-state index contributed by atoms with van der Waals surface area (Å²) in [6.07, 6.45) is 0.954. The molecule has 2 rings (SSSR count). The van der Waals surface area contributed by atoms with Crippen molar-refractivity contribution in [2.45, 2.75) is 26.8 Å². The minimum atomic E-state index is 0.0730. The maximum atomic E-state index is 12.4. The molecule has 0 radical (unpaired) electrons. The van der Waals surface area contributed by atoms with E-state index in [1.165, 1.54) is 10.4 Å². The van der Waals surface area contributed by atoms with Crippen LogP contribution in [0.25, 0.3) is 0 Å². The molecule has 0 unspecified atom stereocenters. The molecule has 1 aromatic heterocycles. The first-order valence-corrected chi connectivity index (χ1v) is 9.05. The van der Waals surface area contributed by atoms with Gasteiger partial charge in [-0.1, -0.05) is 0 Å². The molecule has 0 aliphatic carbocycles. The summed E-state index contributed by atoms with van der Waals surface area (Å²) in [5, 5.41) is 8.41. The Hall–Kier alpha value is -1.60. The van der Waals surface area contributed by atoms with Crippen molar-refractivity contribution in [3.8, 4) is 0 Å². The van der Waals surface area contributed by atoms with Gasteiger partial charge in [-0.25, -0.2) is 4.99 Å². The number of hydrogen-bond acceptors (Lipinski definition) is 4. The van der Waals surface area contributed by atoms with E-state index in [0.29, 0.717) is 32.3 Å². The van der Waals surface area contributed by atoms with Gasteiger partial charge in [0.05, 0.1) is 6.61 Å². The minimum Gasteiger partial charge on any atom is -0.380 e. The van der Waals surface area contributed by atoms with Crippen LogP contribution < -0.4 is 10.6 Å². The molecule has 1 aliphatic rings. The predicted molar refractivity (Wildman–Crippen MR) is 93.9 cm³/mol. The molecule has 6 nitrogen and oxygen atoms in total. The van der Waals surface area contributed by atoms with Gasteiger partial charge in [0.15, 0.2) is 5.96 Å². The van der Waals surface area contributed by atoms with E-state index >= 15 is 0 Å². The van der Waals surface area contributed by atoms with Crippen molar-refractivity contribution in [3.05, 3.63) is 21.9 Å². The normalized spacial score (nSPS) is 14.5. The number of fused-ring (bicyclic) bond motifs is 1. The molecule has 1 amide bonds. The number of guanidine groups is 1. The Balaban J connectivity index is 1.82. The fourth-order valence-electron chi connectivity index (χ4n) is 2.44. The number of aliphatic imine (C=N–C) groups is 1. The van der Waals surface area contributed by atoms with Gasteiger partial charge in [0, 0.05) is 37.7 Å². The zero-order chi connectivity index (χ0) is 16.5. The fourth-order valence-corrected chi connectivity index (χ4v) is 3.33. The van der Waals surface area contributed by atoms with Gasteiger partial charge >= 0.3 is 0 Å². The maximum Gasteiger partial charge on any atom is 0.244 e. The molecule has 0 atom stereocenters. The third kappa shape index (κ3) is 5.51. The maximum absolute atomic E-state index is 12.4. The van der Waals surface area contributed by atoms with Crippen molar-refractivity contribution in [1.29, 1.82) is 0 Å². The summed E-state index contributed by atoms with van der Waals surface area (Å²) < 4.78 is 5.29. The van der Waals surface area contributed by atoms with Crippen molar-refractivity contribution in [2.24, 2.45) is 4.99 Å². The van der Waals surface area contributed by atoms with Crippen LogP contribution in [-0.2, 0) is 22.5 Å². The van der Waals surface area contributed by atoms with Crippen LogP contribution >= 0.6 is 11.3 Å². The van der Waals surface area contributed by atoms with Crippen LogP contribution in [0, 0.1) is 0 Å². The number of nitrogens with one attached hydrogen (secondary N) is 2. The van der Waals surface area contributed by atoms with Crippen LogP contribution in [0.3, 0.4) is 0 Å². The summed E-state index contributed by atoms with van der Waals surface area (Å²) >= 11 is 1.78. The standard InChI is InChI=1S/C16H26N4O2S/c1-3-17-16(18-7-9-22-4-2)19-11-15(21)20-8-5-14-13(12-20)6-10-23-14/h6,10H,3-5,7-9,11-12H2,1-2H3,(H2,17,18,19). The molecular formula is C16H26N4O2S. The van der Waals surface area contributed by atoms with Crippen molar-refractivity contribution in [1.82, 2.24) is 15.5 Å². The lowest BCUT2D eigenvalue weighted by Gasteiger charge is -2.26. The predicted octanol–water partition coefficient (Wildman–Crippen LogP) is 1.22. The van der Waals surface area contributed by atoms with Crippen molar-refractivity contribution < 1.29 is 9.53 Å². The summed E-state index contributed by atoms with van der Waals surface area (Å²) in [5.41, 5.74) is 1.28. The lowest BCUT2D eigenvalue weighted by molar-refractivity contribution is -0.130. The monoisotopic (exact) mass is 338 g/mol. The molecule has 1 aromatic rings. The summed E-state index contributed by atoms with van der Waals surface area (Å²) in [7, 11) is 0. The third-order valence-corrected chi connectivity index (χ3v) is 4.64. The minimum absolute atomic E-state index is 0.0730. The van der Waals surface area contributed by atoms with Crippen LogP contribution in [0.5, 0.6) is 0 Å². The molecule has 0 bridgehead atoms. The number of thiophene rings is 1. The van der Waals surface area contributed by atoms with Gasteiger partial charge in [0.1, 0.15) is 6.54 Å². The van der Waals surface area contributed by atoms with Crippen LogP contribution in [0.2, 0.25) is 0 Å². The number of hydrogen-bond donors (Lipinski definition) is 2. The van der Waals surface area contributed by atoms with Gasteiger partial charge in [0.2, 0.25) is 5.91 Å². The zero-order valence-electron chi connectivity index (χ0n) is 13.9. The molecule has 0 fully saturated rings. The second-order valence-electron chi connectivity index (χ2n) is 5.25. The lowest BCUT2D eigenvalue weighted by Crippen LogP contribution is -2.41. The molecule has 7 heteroatoms. The Labute approximate surface area is 141 Å².